The summed E-state index contributed by atoms with van der Waals surface area (Å²) in [5.41, 5.74) is 1.31. The number of H-pyrrole nitrogens is 1. The molecule has 1 saturated heterocycles. The molecule has 1 fully saturated rings. The summed E-state index contributed by atoms with van der Waals surface area (Å²) >= 11 is 0. The molecular weight excluding hydrogens is 312 g/mol. The van der Waals surface area contributed by atoms with Crippen molar-refractivity contribution in [2.45, 2.75) is 38.1 Å². The zero-order chi connectivity index (χ0) is 17.1. The maximum Gasteiger partial charge on any atom is 0.251 e. The molecule has 2 aromatic heterocycles. The van der Waals surface area contributed by atoms with E-state index in [1.54, 1.807) is 6.20 Å². The molecule has 2 aliphatic rings. The van der Waals surface area contributed by atoms with Crippen molar-refractivity contribution >= 4 is 0 Å². The van der Waals surface area contributed by atoms with Crippen LogP contribution < -0.4 is 5.56 Å². The number of hydrogen-bond donors (Lipinski definition) is 1. The second-order valence-electron chi connectivity index (χ2n) is 7.03. The maximum absolute atomic E-state index is 12.2. The summed E-state index contributed by atoms with van der Waals surface area (Å²) < 4.78 is 0. The Bertz CT molecular complexity index is 799. The molecule has 1 aliphatic carbocycles. The fraction of sp³-hybridized carbons (Fsp3) is 0.450. The van der Waals surface area contributed by atoms with Crippen LogP contribution in [-0.2, 0) is 0 Å². The van der Waals surface area contributed by atoms with Gasteiger partial charge in [-0.25, -0.2) is 4.98 Å². The average Bonchev–Trinajstić information content (AvgIpc) is 3.11. The van der Waals surface area contributed by atoms with Gasteiger partial charge >= 0.3 is 0 Å². The predicted molar refractivity (Wildman–Crippen MR) is 98.1 cm³/mol. The highest BCUT2D eigenvalue weighted by molar-refractivity contribution is 5.52. The molecule has 0 saturated carbocycles. The van der Waals surface area contributed by atoms with E-state index in [4.69, 9.17) is 4.98 Å². The van der Waals surface area contributed by atoms with Gasteiger partial charge < -0.3 is 4.98 Å². The second-order valence-corrected chi connectivity index (χ2v) is 7.03. The van der Waals surface area contributed by atoms with E-state index in [1.165, 1.54) is 25.3 Å². The van der Waals surface area contributed by atoms with E-state index in [1.807, 2.05) is 18.2 Å². The quantitative estimate of drug-likeness (QED) is 0.870. The summed E-state index contributed by atoms with van der Waals surface area (Å²) in [6, 6.07) is 7.43. The van der Waals surface area contributed by atoms with Gasteiger partial charge in [-0.2, -0.15) is 0 Å². The van der Waals surface area contributed by atoms with Crippen LogP contribution in [0.5, 0.6) is 0 Å². The molecule has 0 amide bonds. The predicted octanol–water partition coefficient (Wildman–Crippen LogP) is 3.33. The number of aromatic amines is 1. The third-order valence-corrected chi connectivity index (χ3v) is 5.24. The van der Waals surface area contributed by atoms with E-state index in [0.717, 1.165) is 43.4 Å². The Balaban J connectivity index is 1.58. The van der Waals surface area contributed by atoms with Crippen LogP contribution >= 0.6 is 0 Å². The highest BCUT2D eigenvalue weighted by atomic mass is 16.1. The minimum atomic E-state index is -0.0990. The van der Waals surface area contributed by atoms with Crippen LogP contribution in [0.2, 0.25) is 0 Å². The smallest absolute Gasteiger partial charge is 0.251 e. The third kappa shape index (κ3) is 3.71. The SMILES string of the molecule is O=c1cc(-c2ccccn2)nc([C@@H]2CCCN2C[C@H]2CC=CCC2)[nH]1. The van der Waals surface area contributed by atoms with Crippen LogP contribution in [0.3, 0.4) is 0 Å². The molecule has 0 spiro atoms. The van der Waals surface area contributed by atoms with Crippen molar-refractivity contribution in [3.63, 3.8) is 0 Å². The van der Waals surface area contributed by atoms with Crippen molar-refractivity contribution in [3.05, 3.63) is 58.8 Å². The molecular formula is C20H24N4O. The van der Waals surface area contributed by atoms with Crippen LogP contribution in [-0.4, -0.2) is 32.9 Å². The zero-order valence-electron chi connectivity index (χ0n) is 14.4. The first-order valence-electron chi connectivity index (χ1n) is 9.21. The number of allylic oxidation sites excluding steroid dienone is 2. The Labute approximate surface area is 147 Å². The summed E-state index contributed by atoms with van der Waals surface area (Å²) in [5.74, 6) is 1.51. The molecule has 4 rings (SSSR count). The Morgan fingerprint density at radius 1 is 1.20 bits per heavy atom. The molecule has 3 heterocycles. The molecule has 0 unspecified atom stereocenters. The van der Waals surface area contributed by atoms with Crippen LogP contribution in [0.15, 0.2) is 47.4 Å². The summed E-state index contributed by atoms with van der Waals surface area (Å²) in [6.45, 7) is 2.18. The molecule has 2 atom stereocenters. The van der Waals surface area contributed by atoms with Gasteiger partial charge in [0.25, 0.3) is 5.56 Å². The van der Waals surface area contributed by atoms with E-state index in [9.17, 15) is 4.79 Å². The number of nitrogens with zero attached hydrogens (tertiary/aromatic N) is 3. The van der Waals surface area contributed by atoms with Gasteiger partial charge in [-0.1, -0.05) is 18.2 Å². The topological polar surface area (TPSA) is 61.9 Å². The number of aromatic nitrogens is 3. The monoisotopic (exact) mass is 336 g/mol. The first kappa shape index (κ1) is 16.2. The first-order valence-corrected chi connectivity index (χ1v) is 9.21. The second kappa shape index (κ2) is 7.31. The number of hydrogen-bond acceptors (Lipinski definition) is 4. The minimum absolute atomic E-state index is 0.0990. The van der Waals surface area contributed by atoms with E-state index in [-0.39, 0.29) is 11.6 Å². The van der Waals surface area contributed by atoms with Gasteiger partial charge in [0.05, 0.1) is 17.4 Å². The molecule has 0 bridgehead atoms. The van der Waals surface area contributed by atoms with Crippen LogP contribution in [0.1, 0.15) is 44.0 Å². The summed E-state index contributed by atoms with van der Waals surface area (Å²) in [7, 11) is 0. The summed E-state index contributed by atoms with van der Waals surface area (Å²) in [6.07, 6.45) is 12.2. The molecule has 5 heteroatoms. The summed E-state index contributed by atoms with van der Waals surface area (Å²) in [5, 5.41) is 0. The molecule has 1 N–H and O–H groups in total. The van der Waals surface area contributed by atoms with Crippen molar-refractivity contribution in [1.29, 1.82) is 0 Å². The van der Waals surface area contributed by atoms with E-state index in [0.29, 0.717) is 5.69 Å². The highest BCUT2D eigenvalue weighted by Gasteiger charge is 2.30. The molecule has 1 aliphatic heterocycles. The molecule has 130 valence electrons. The lowest BCUT2D eigenvalue weighted by Gasteiger charge is -2.29. The molecule has 2 aromatic rings. The van der Waals surface area contributed by atoms with E-state index < -0.39 is 0 Å². The van der Waals surface area contributed by atoms with Crippen molar-refractivity contribution in [2.24, 2.45) is 5.92 Å². The van der Waals surface area contributed by atoms with Crippen LogP contribution in [0.25, 0.3) is 11.4 Å². The van der Waals surface area contributed by atoms with Crippen molar-refractivity contribution in [3.8, 4) is 11.4 Å². The standard InChI is InChI=1S/C20H24N4O/c25-19-13-17(16-9-4-5-11-21-16)22-20(23-19)18-10-6-12-24(18)14-15-7-2-1-3-8-15/h1-2,4-5,9,11,13,15,18H,3,6-8,10,12,14H2,(H,22,23,25)/t15-,18-/m0/s1. The van der Waals surface area contributed by atoms with E-state index >= 15 is 0 Å². The average molecular weight is 336 g/mol. The maximum atomic E-state index is 12.2. The molecule has 0 radical (unpaired) electrons. The summed E-state index contributed by atoms with van der Waals surface area (Å²) in [4.78, 5) is 26.8. The van der Waals surface area contributed by atoms with Crippen LogP contribution in [0.4, 0.5) is 0 Å². The number of nitrogens with one attached hydrogen (secondary N) is 1. The van der Waals surface area contributed by atoms with Gasteiger partial charge in [-0.15, -0.1) is 0 Å². The number of rotatable bonds is 4. The van der Waals surface area contributed by atoms with Crippen molar-refractivity contribution in [2.75, 3.05) is 13.1 Å². The number of likely N-dealkylation sites (tertiary alicyclic amines) is 1. The third-order valence-electron chi connectivity index (χ3n) is 5.24. The lowest BCUT2D eigenvalue weighted by Crippen LogP contribution is -2.31. The lowest BCUT2D eigenvalue weighted by molar-refractivity contribution is 0.202. The van der Waals surface area contributed by atoms with Gasteiger partial charge in [0.1, 0.15) is 5.82 Å². The Morgan fingerprint density at radius 2 is 2.16 bits per heavy atom. The molecule has 0 aromatic carbocycles. The van der Waals surface area contributed by atoms with Gasteiger partial charge in [0.15, 0.2) is 0 Å². The fourth-order valence-corrected chi connectivity index (χ4v) is 3.99. The number of pyridine rings is 1. The van der Waals surface area contributed by atoms with Gasteiger partial charge in [0, 0.05) is 18.8 Å². The Kier molecular flexibility index (Phi) is 4.74. The molecule has 5 nitrogen and oxygen atoms in total. The van der Waals surface area contributed by atoms with Gasteiger partial charge in [-0.3, -0.25) is 14.7 Å². The highest BCUT2D eigenvalue weighted by Crippen LogP contribution is 2.32. The largest absolute Gasteiger partial charge is 0.309 e. The van der Waals surface area contributed by atoms with Crippen molar-refractivity contribution < 1.29 is 0 Å². The normalized spacial score (nSPS) is 23.8. The molecule has 25 heavy (non-hydrogen) atoms. The fourth-order valence-electron chi connectivity index (χ4n) is 3.99. The van der Waals surface area contributed by atoms with Gasteiger partial charge in [0.2, 0.25) is 0 Å². The van der Waals surface area contributed by atoms with E-state index in [2.05, 4.69) is 27.0 Å². The van der Waals surface area contributed by atoms with Gasteiger partial charge in [-0.05, 0) is 56.7 Å². The first-order chi connectivity index (χ1) is 12.3. The Hall–Kier alpha value is -2.27. The minimum Gasteiger partial charge on any atom is -0.309 e. The van der Waals surface area contributed by atoms with Crippen LogP contribution in [0, 0.1) is 5.92 Å². The zero-order valence-corrected chi connectivity index (χ0v) is 14.4. The Morgan fingerprint density at radius 3 is 2.96 bits per heavy atom. The lowest BCUT2D eigenvalue weighted by atomic mass is 9.93. The van der Waals surface area contributed by atoms with Crippen molar-refractivity contribution in [1.82, 2.24) is 19.9 Å².